The van der Waals surface area contributed by atoms with Crippen LogP contribution in [0.15, 0.2) is 95.6 Å². The van der Waals surface area contributed by atoms with E-state index < -0.39 is 17.8 Å². The fraction of sp³-hybridized carbons (Fsp3) is 0.138. The van der Waals surface area contributed by atoms with E-state index in [-0.39, 0.29) is 29.4 Å². The maximum absolute atomic E-state index is 13.8. The Bertz CT molecular complexity index is 1390. The summed E-state index contributed by atoms with van der Waals surface area (Å²) in [5, 5.41) is 0. The number of nitrogens with zero attached hydrogens (tertiary/aromatic N) is 1. The van der Waals surface area contributed by atoms with Crippen LogP contribution in [-0.4, -0.2) is 17.8 Å². The lowest BCUT2D eigenvalue weighted by molar-refractivity contribution is -0.122. The molecule has 1 aromatic heterocycles. The largest absolute Gasteiger partial charge is 0.457 e. The number of ether oxygens (including phenoxy) is 1. The van der Waals surface area contributed by atoms with Crippen LogP contribution in [0.4, 0.5) is 5.69 Å². The van der Waals surface area contributed by atoms with E-state index in [1.165, 1.54) is 17.2 Å². The molecule has 4 aromatic rings. The van der Waals surface area contributed by atoms with E-state index in [9.17, 15) is 14.4 Å². The lowest BCUT2D eigenvalue weighted by atomic mass is 9.55. The molecule has 3 aliphatic carbocycles. The fourth-order valence-electron chi connectivity index (χ4n) is 6.15. The number of hydrogen-bond acceptors (Lipinski definition) is 5. The van der Waals surface area contributed by atoms with E-state index in [1.807, 2.05) is 24.3 Å². The highest BCUT2D eigenvalue weighted by atomic mass is 16.5. The maximum atomic E-state index is 13.8. The van der Waals surface area contributed by atoms with Crippen molar-refractivity contribution in [2.24, 2.45) is 11.8 Å². The average molecular weight is 461 g/mol. The van der Waals surface area contributed by atoms with Gasteiger partial charge in [0.1, 0.15) is 5.75 Å². The first-order valence-corrected chi connectivity index (χ1v) is 11.5. The van der Waals surface area contributed by atoms with E-state index in [1.54, 1.807) is 30.3 Å². The Morgan fingerprint density at radius 2 is 1.20 bits per heavy atom. The van der Waals surface area contributed by atoms with E-state index in [2.05, 4.69) is 24.3 Å². The number of furan rings is 1. The second-order valence-corrected chi connectivity index (χ2v) is 9.14. The molecule has 1 saturated heterocycles. The Labute approximate surface area is 200 Å². The van der Waals surface area contributed by atoms with Crippen LogP contribution >= 0.6 is 0 Å². The Morgan fingerprint density at radius 3 is 1.66 bits per heavy atom. The number of carbonyl (C=O) groups is 3. The highest BCUT2D eigenvalue weighted by Crippen LogP contribution is 2.61. The summed E-state index contributed by atoms with van der Waals surface area (Å²) in [6, 6.07) is 25.9. The third-order valence-corrected chi connectivity index (χ3v) is 7.48. The minimum atomic E-state index is -0.616. The van der Waals surface area contributed by atoms with E-state index >= 15 is 0 Å². The number of carbonyl (C=O) groups excluding carboxylic acids is 3. The molecule has 0 radical (unpaired) electrons. The first-order valence-electron chi connectivity index (χ1n) is 11.5. The first-order chi connectivity index (χ1) is 17.1. The predicted octanol–water partition coefficient (Wildman–Crippen LogP) is 4.90. The summed E-state index contributed by atoms with van der Waals surface area (Å²) >= 11 is 0. The number of benzene rings is 3. The highest BCUT2D eigenvalue weighted by Gasteiger charge is 2.61. The number of hydrogen-bond donors (Lipinski definition) is 0. The van der Waals surface area contributed by atoms with Crippen molar-refractivity contribution in [3.63, 3.8) is 0 Å². The Morgan fingerprint density at radius 1 is 0.686 bits per heavy atom. The predicted molar refractivity (Wildman–Crippen MR) is 126 cm³/mol. The van der Waals surface area contributed by atoms with Crippen molar-refractivity contribution >= 4 is 23.5 Å². The molecule has 6 nitrogen and oxygen atoms in total. The van der Waals surface area contributed by atoms with Crippen molar-refractivity contribution in [3.05, 3.63) is 119 Å². The number of esters is 1. The molecule has 1 aliphatic heterocycles. The smallest absolute Gasteiger partial charge is 0.379 e. The van der Waals surface area contributed by atoms with Crippen molar-refractivity contribution in [1.29, 1.82) is 0 Å². The van der Waals surface area contributed by atoms with Crippen LogP contribution in [0.2, 0.25) is 0 Å². The van der Waals surface area contributed by atoms with Gasteiger partial charge in [0.15, 0.2) is 0 Å². The van der Waals surface area contributed by atoms with Crippen molar-refractivity contribution < 1.29 is 23.5 Å². The summed E-state index contributed by atoms with van der Waals surface area (Å²) in [6.07, 6.45) is 1.40. The molecular weight excluding hydrogens is 442 g/mol. The van der Waals surface area contributed by atoms with Crippen LogP contribution < -0.4 is 9.64 Å². The molecule has 0 N–H and O–H groups in total. The molecule has 0 saturated carbocycles. The lowest BCUT2D eigenvalue weighted by Gasteiger charge is -2.45. The van der Waals surface area contributed by atoms with Crippen LogP contribution in [0.3, 0.4) is 0 Å². The van der Waals surface area contributed by atoms with Gasteiger partial charge in [-0.2, -0.15) is 0 Å². The van der Waals surface area contributed by atoms with Crippen LogP contribution in [0.25, 0.3) is 0 Å². The van der Waals surface area contributed by atoms with Crippen LogP contribution in [0.1, 0.15) is 44.6 Å². The topological polar surface area (TPSA) is 76.8 Å². The molecule has 2 heterocycles. The van der Waals surface area contributed by atoms with Gasteiger partial charge in [0.05, 0.1) is 23.8 Å². The quantitative estimate of drug-likeness (QED) is 0.247. The van der Waals surface area contributed by atoms with E-state index in [0.29, 0.717) is 11.4 Å². The van der Waals surface area contributed by atoms with E-state index in [0.717, 1.165) is 22.3 Å². The molecule has 2 amide bonds. The molecule has 35 heavy (non-hydrogen) atoms. The average Bonchev–Trinajstić information content (AvgIpc) is 3.52. The van der Waals surface area contributed by atoms with Gasteiger partial charge in [-0.25, -0.2) is 9.69 Å². The summed E-state index contributed by atoms with van der Waals surface area (Å²) in [6.45, 7) is 0. The molecule has 2 atom stereocenters. The highest BCUT2D eigenvalue weighted by molar-refractivity contribution is 6.23. The van der Waals surface area contributed by atoms with Gasteiger partial charge in [-0.3, -0.25) is 9.59 Å². The van der Waals surface area contributed by atoms with E-state index in [4.69, 9.17) is 9.15 Å². The summed E-state index contributed by atoms with van der Waals surface area (Å²) in [7, 11) is 0. The van der Waals surface area contributed by atoms with Gasteiger partial charge in [-0.05, 0) is 58.7 Å². The van der Waals surface area contributed by atoms with Gasteiger partial charge >= 0.3 is 5.97 Å². The van der Waals surface area contributed by atoms with Gasteiger partial charge in [0.25, 0.3) is 0 Å². The van der Waals surface area contributed by atoms with Gasteiger partial charge in [0, 0.05) is 11.8 Å². The molecule has 8 rings (SSSR count). The lowest BCUT2D eigenvalue weighted by Crippen LogP contribution is -2.41. The monoisotopic (exact) mass is 461 g/mol. The number of amides is 2. The standard InChI is InChI=1S/C29H19NO5/c31-27-25-23-18-6-1-2-7-19(18)24(21-9-4-3-8-20(21)23)26(25)28(32)30(27)16-11-13-17(14-12-16)35-29(33)22-10-5-15-34-22/h1-15,23-26H/t23?,24?,25-,26-/m0/s1. The molecular formula is C29H19NO5. The molecule has 0 spiro atoms. The van der Waals surface area contributed by atoms with Gasteiger partial charge in [-0.15, -0.1) is 0 Å². The number of rotatable bonds is 3. The van der Waals surface area contributed by atoms with Crippen LogP contribution in [-0.2, 0) is 9.59 Å². The summed E-state index contributed by atoms with van der Waals surface area (Å²) < 4.78 is 10.4. The summed E-state index contributed by atoms with van der Waals surface area (Å²) in [5.41, 5.74) is 5.03. The summed E-state index contributed by atoms with van der Waals surface area (Å²) in [4.78, 5) is 41.0. The molecule has 170 valence electrons. The zero-order chi connectivity index (χ0) is 23.7. The Balaban J connectivity index is 1.24. The minimum absolute atomic E-state index is 0.0951. The molecule has 4 aliphatic rings. The fourth-order valence-corrected chi connectivity index (χ4v) is 6.15. The van der Waals surface area contributed by atoms with Gasteiger partial charge in [-0.1, -0.05) is 48.5 Å². The number of anilines is 1. The molecule has 0 unspecified atom stereocenters. The zero-order valence-electron chi connectivity index (χ0n) is 18.5. The van der Waals surface area contributed by atoms with Gasteiger partial charge < -0.3 is 9.15 Å². The van der Waals surface area contributed by atoms with Crippen molar-refractivity contribution in [2.45, 2.75) is 11.8 Å². The molecule has 2 bridgehead atoms. The molecule has 1 fully saturated rings. The van der Waals surface area contributed by atoms with Crippen molar-refractivity contribution in [1.82, 2.24) is 0 Å². The van der Waals surface area contributed by atoms with Crippen LogP contribution in [0.5, 0.6) is 5.75 Å². The van der Waals surface area contributed by atoms with Crippen molar-refractivity contribution in [3.8, 4) is 5.75 Å². The zero-order valence-corrected chi connectivity index (χ0v) is 18.5. The maximum Gasteiger partial charge on any atom is 0.379 e. The minimum Gasteiger partial charge on any atom is -0.457 e. The first kappa shape index (κ1) is 20.0. The molecule has 3 aromatic carbocycles. The number of imide groups is 1. The van der Waals surface area contributed by atoms with Crippen molar-refractivity contribution in [2.75, 3.05) is 4.90 Å². The Hall–Kier alpha value is -4.45. The summed E-state index contributed by atoms with van der Waals surface area (Å²) in [5.74, 6) is -1.75. The van der Waals surface area contributed by atoms with Gasteiger partial charge in [0.2, 0.25) is 17.6 Å². The Kier molecular flexibility index (Phi) is 4.15. The SMILES string of the molecule is O=C(Oc1ccc(N2C(=O)[C@H]3C4c5ccccc5C(c5ccccc54)[C@@H]3C2=O)cc1)c1ccco1. The third kappa shape index (κ3) is 2.74. The molecule has 6 heteroatoms. The van der Waals surface area contributed by atoms with Crippen LogP contribution in [0, 0.1) is 11.8 Å². The normalized spacial score (nSPS) is 23.6. The second-order valence-electron chi connectivity index (χ2n) is 9.14. The third-order valence-electron chi connectivity index (χ3n) is 7.48. The second kappa shape index (κ2) is 7.27.